The summed E-state index contributed by atoms with van der Waals surface area (Å²) in [5, 5.41) is 12.0. The zero-order valence-electron chi connectivity index (χ0n) is 11.1. The number of carboxylic acid groups (broad SMARTS) is 1. The molecule has 0 aliphatic carbocycles. The van der Waals surface area contributed by atoms with Gasteiger partial charge in [0, 0.05) is 6.04 Å². The number of carbonyl (C=O) groups is 1. The van der Waals surface area contributed by atoms with E-state index < -0.39 is 5.97 Å². The maximum absolute atomic E-state index is 10.9. The number of rotatable bonds is 5. The number of ether oxygens (including phenoxy) is 1. The van der Waals surface area contributed by atoms with Gasteiger partial charge in [-0.25, -0.2) is 0 Å². The first-order valence-corrected chi connectivity index (χ1v) is 5.67. The summed E-state index contributed by atoms with van der Waals surface area (Å²) in [4.78, 5) is 19.0. The average molecular weight is 253 g/mol. The molecule has 0 aromatic carbocycles. The highest BCUT2D eigenvalue weighted by Gasteiger charge is 2.27. The van der Waals surface area contributed by atoms with E-state index in [4.69, 9.17) is 9.84 Å². The molecule has 0 spiro atoms. The van der Waals surface area contributed by atoms with Gasteiger partial charge in [0.25, 0.3) is 0 Å². The minimum absolute atomic E-state index is 0.0163. The average Bonchev–Trinajstić information content (AvgIpc) is 2.26. The van der Waals surface area contributed by atoms with Crippen molar-refractivity contribution in [3.05, 3.63) is 12.4 Å². The number of hydrogen-bond acceptors (Lipinski definition) is 5. The lowest BCUT2D eigenvalue weighted by atomic mass is 9.85. The van der Waals surface area contributed by atoms with Crippen molar-refractivity contribution in [1.29, 1.82) is 0 Å². The third-order valence-electron chi connectivity index (χ3n) is 2.57. The molecular formula is C12H19N3O3. The smallest absolute Gasteiger partial charge is 0.305 e. The molecule has 0 aliphatic rings. The van der Waals surface area contributed by atoms with Crippen molar-refractivity contribution < 1.29 is 14.6 Å². The SMILES string of the molecule is COc1cncc(NC(CC(=O)O)C(C)(C)C)n1. The standard InChI is InChI=1S/C12H19N3O3/c1-12(2,3)8(5-11(16)17)14-9-6-13-7-10(15-9)18-4/h6-8H,5H2,1-4H3,(H,14,15)(H,16,17). The molecule has 18 heavy (non-hydrogen) atoms. The maximum atomic E-state index is 10.9. The molecule has 0 bridgehead atoms. The van der Waals surface area contributed by atoms with Crippen LogP contribution in [0.5, 0.6) is 5.88 Å². The molecule has 1 aromatic heterocycles. The molecule has 6 nitrogen and oxygen atoms in total. The molecule has 6 heteroatoms. The number of aliphatic carboxylic acids is 1. The monoisotopic (exact) mass is 253 g/mol. The van der Waals surface area contributed by atoms with Crippen LogP contribution < -0.4 is 10.1 Å². The van der Waals surface area contributed by atoms with Crippen molar-refractivity contribution in [1.82, 2.24) is 9.97 Å². The first-order chi connectivity index (χ1) is 8.32. The van der Waals surface area contributed by atoms with Crippen molar-refractivity contribution >= 4 is 11.8 Å². The Hall–Kier alpha value is -1.85. The summed E-state index contributed by atoms with van der Waals surface area (Å²) < 4.78 is 4.97. The van der Waals surface area contributed by atoms with Crippen LogP contribution in [0.2, 0.25) is 0 Å². The first-order valence-electron chi connectivity index (χ1n) is 5.67. The molecule has 0 amide bonds. The van der Waals surface area contributed by atoms with Gasteiger partial charge in [-0.1, -0.05) is 20.8 Å². The van der Waals surface area contributed by atoms with Crippen LogP contribution in [0.25, 0.3) is 0 Å². The molecular weight excluding hydrogens is 234 g/mol. The number of carboxylic acids is 1. The highest BCUT2D eigenvalue weighted by Crippen LogP contribution is 2.25. The predicted molar refractivity (Wildman–Crippen MR) is 67.7 cm³/mol. The Labute approximate surface area is 106 Å². The van der Waals surface area contributed by atoms with Crippen LogP contribution in [0.1, 0.15) is 27.2 Å². The van der Waals surface area contributed by atoms with E-state index >= 15 is 0 Å². The van der Waals surface area contributed by atoms with E-state index in [1.165, 1.54) is 13.3 Å². The number of anilines is 1. The van der Waals surface area contributed by atoms with Crippen molar-refractivity contribution in [3.63, 3.8) is 0 Å². The van der Waals surface area contributed by atoms with Crippen molar-refractivity contribution in [2.24, 2.45) is 5.41 Å². The van der Waals surface area contributed by atoms with Gasteiger partial charge in [-0.3, -0.25) is 9.78 Å². The van der Waals surface area contributed by atoms with E-state index in [2.05, 4.69) is 15.3 Å². The molecule has 1 atom stereocenters. The second-order valence-electron chi connectivity index (χ2n) is 5.11. The van der Waals surface area contributed by atoms with Crippen LogP contribution in [0.4, 0.5) is 5.82 Å². The fourth-order valence-electron chi connectivity index (χ4n) is 1.44. The number of nitrogens with one attached hydrogen (secondary N) is 1. The highest BCUT2D eigenvalue weighted by atomic mass is 16.5. The Morgan fingerprint density at radius 1 is 1.50 bits per heavy atom. The van der Waals surface area contributed by atoms with Crippen LogP contribution in [0.3, 0.4) is 0 Å². The van der Waals surface area contributed by atoms with E-state index in [1.54, 1.807) is 6.20 Å². The molecule has 1 aromatic rings. The zero-order chi connectivity index (χ0) is 13.8. The van der Waals surface area contributed by atoms with Crippen molar-refractivity contribution in [2.45, 2.75) is 33.2 Å². The fourth-order valence-corrected chi connectivity index (χ4v) is 1.44. The molecule has 1 rings (SSSR count). The van der Waals surface area contributed by atoms with E-state index in [0.29, 0.717) is 11.7 Å². The summed E-state index contributed by atoms with van der Waals surface area (Å²) in [6.45, 7) is 5.92. The third-order valence-corrected chi connectivity index (χ3v) is 2.57. The molecule has 100 valence electrons. The van der Waals surface area contributed by atoms with Crippen LogP contribution >= 0.6 is 0 Å². The normalized spacial score (nSPS) is 12.9. The molecule has 1 heterocycles. The molecule has 1 unspecified atom stereocenters. The van der Waals surface area contributed by atoms with Crippen LogP contribution in [0.15, 0.2) is 12.4 Å². The summed E-state index contributed by atoms with van der Waals surface area (Å²) in [6, 6.07) is -0.239. The summed E-state index contributed by atoms with van der Waals surface area (Å²) in [7, 11) is 1.51. The minimum Gasteiger partial charge on any atom is -0.481 e. The van der Waals surface area contributed by atoms with E-state index in [0.717, 1.165) is 0 Å². The van der Waals surface area contributed by atoms with E-state index in [9.17, 15) is 4.79 Å². The molecule has 0 saturated heterocycles. The minimum atomic E-state index is -0.849. The topological polar surface area (TPSA) is 84.3 Å². The van der Waals surface area contributed by atoms with Gasteiger partial charge in [0.2, 0.25) is 5.88 Å². The molecule has 0 radical (unpaired) electrons. The summed E-state index contributed by atoms with van der Waals surface area (Å²) in [5.74, 6) is 0.0526. The summed E-state index contributed by atoms with van der Waals surface area (Å²) >= 11 is 0. The van der Waals surface area contributed by atoms with Gasteiger partial charge < -0.3 is 15.2 Å². The highest BCUT2D eigenvalue weighted by molar-refractivity contribution is 5.68. The largest absolute Gasteiger partial charge is 0.481 e. The Morgan fingerprint density at radius 2 is 2.17 bits per heavy atom. The van der Waals surface area contributed by atoms with Crippen LogP contribution in [-0.4, -0.2) is 34.2 Å². The van der Waals surface area contributed by atoms with Gasteiger partial charge in [0.15, 0.2) is 0 Å². The lowest BCUT2D eigenvalue weighted by molar-refractivity contribution is -0.137. The Balaban J connectivity index is 2.85. The zero-order valence-corrected chi connectivity index (χ0v) is 11.1. The van der Waals surface area contributed by atoms with E-state index in [-0.39, 0.29) is 17.9 Å². The van der Waals surface area contributed by atoms with Gasteiger partial charge in [-0.05, 0) is 5.41 Å². The molecule has 0 fully saturated rings. The number of methoxy groups -OCH3 is 1. The van der Waals surface area contributed by atoms with E-state index in [1.807, 2.05) is 20.8 Å². The second kappa shape index (κ2) is 5.66. The van der Waals surface area contributed by atoms with Gasteiger partial charge in [0.1, 0.15) is 5.82 Å². The van der Waals surface area contributed by atoms with Gasteiger partial charge in [0.05, 0.1) is 25.9 Å². The van der Waals surface area contributed by atoms with Crippen molar-refractivity contribution in [2.75, 3.05) is 12.4 Å². The van der Waals surface area contributed by atoms with Gasteiger partial charge in [-0.15, -0.1) is 0 Å². The number of hydrogen-bond donors (Lipinski definition) is 2. The Bertz CT molecular complexity index is 415. The van der Waals surface area contributed by atoms with Gasteiger partial charge >= 0.3 is 5.97 Å². The lowest BCUT2D eigenvalue weighted by Crippen LogP contribution is -2.36. The molecule has 0 saturated carbocycles. The summed E-state index contributed by atoms with van der Waals surface area (Å²) in [6.07, 6.45) is 3.06. The van der Waals surface area contributed by atoms with Gasteiger partial charge in [-0.2, -0.15) is 4.98 Å². The fraction of sp³-hybridized carbons (Fsp3) is 0.583. The predicted octanol–water partition coefficient (Wildman–Crippen LogP) is 1.79. The molecule has 0 aliphatic heterocycles. The second-order valence-corrected chi connectivity index (χ2v) is 5.11. The first kappa shape index (κ1) is 14.2. The third kappa shape index (κ3) is 4.20. The maximum Gasteiger partial charge on any atom is 0.305 e. The quantitative estimate of drug-likeness (QED) is 0.832. The summed E-state index contributed by atoms with van der Waals surface area (Å²) in [5.41, 5.74) is -0.205. The van der Waals surface area contributed by atoms with Crippen LogP contribution in [-0.2, 0) is 4.79 Å². The lowest BCUT2D eigenvalue weighted by Gasteiger charge is -2.30. The Morgan fingerprint density at radius 3 is 2.67 bits per heavy atom. The number of nitrogens with zero attached hydrogens (tertiary/aromatic N) is 2. The number of aromatic nitrogens is 2. The van der Waals surface area contributed by atoms with Crippen LogP contribution in [0, 0.1) is 5.41 Å². The van der Waals surface area contributed by atoms with Crippen molar-refractivity contribution in [3.8, 4) is 5.88 Å². The Kier molecular flexibility index (Phi) is 4.47. The molecule has 2 N–H and O–H groups in total.